The van der Waals surface area contributed by atoms with Gasteiger partial charge in [-0.2, -0.15) is 5.10 Å². The molecule has 0 unspecified atom stereocenters. The number of rotatable bonds is 8. The van der Waals surface area contributed by atoms with Gasteiger partial charge in [0.1, 0.15) is 12.4 Å². The number of nitro benzene ring substituents is 1. The monoisotopic (exact) mass is 539 g/mol. The van der Waals surface area contributed by atoms with Crippen molar-refractivity contribution in [3.8, 4) is 5.69 Å². The Balaban J connectivity index is 1.65. The predicted molar refractivity (Wildman–Crippen MR) is 155 cm³/mol. The maximum Gasteiger partial charge on any atom is 0.273 e. The summed E-state index contributed by atoms with van der Waals surface area (Å²) in [4.78, 5) is 39.4. The fourth-order valence-corrected chi connectivity index (χ4v) is 4.27. The summed E-state index contributed by atoms with van der Waals surface area (Å²) < 4.78 is 1.69. The average Bonchev–Trinajstić information content (AvgIpc) is 3.33. The predicted octanol–water partition coefficient (Wildman–Crippen LogP) is 5.98. The number of amides is 2. The van der Waals surface area contributed by atoms with Crippen LogP contribution in [0.25, 0.3) is 5.69 Å². The van der Waals surface area contributed by atoms with Gasteiger partial charge in [0.25, 0.3) is 11.6 Å². The SMILES string of the molecule is Cc1cccc(-n2nc(C(C)(C)C)cc2NC(=O)CN(Cc2ccccc2)C(=O)c2ccc(C)c([N+](=O)[O-])c2)c1. The van der Waals surface area contributed by atoms with E-state index in [1.807, 2.05) is 88.4 Å². The number of aromatic nitrogens is 2. The second kappa shape index (κ2) is 11.5. The van der Waals surface area contributed by atoms with Crippen LogP contribution in [0.15, 0.2) is 78.9 Å². The summed E-state index contributed by atoms with van der Waals surface area (Å²) in [6.45, 7) is 9.62. The molecule has 0 bridgehead atoms. The van der Waals surface area contributed by atoms with Gasteiger partial charge in [0.2, 0.25) is 5.91 Å². The fraction of sp³-hybridized carbons (Fsp3) is 0.258. The molecule has 2 amide bonds. The Morgan fingerprint density at radius 1 is 0.975 bits per heavy atom. The number of aryl methyl sites for hydroxylation is 2. The second-order valence-electron chi connectivity index (χ2n) is 10.9. The van der Waals surface area contributed by atoms with Gasteiger partial charge in [-0.15, -0.1) is 0 Å². The van der Waals surface area contributed by atoms with Crippen molar-refractivity contribution in [1.29, 1.82) is 0 Å². The first-order chi connectivity index (χ1) is 18.9. The molecule has 0 saturated heterocycles. The van der Waals surface area contributed by atoms with Crippen molar-refractivity contribution < 1.29 is 14.5 Å². The highest BCUT2D eigenvalue weighted by Crippen LogP contribution is 2.27. The lowest BCUT2D eigenvalue weighted by Crippen LogP contribution is -2.38. The van der Waals surface area contributed by atoms with E-state index in [4.69, 9.17) is 5.10 Å². The van der Waals surface area contributed by atoms with Crippen LogP contribution in [0.2, 0.25) is 0 Å². The Morgan fingerprint density at radius 3 is 2.35 bits per heavy atom. The fourth-order valence-electron chi connectivity index (χ4n) is 4.27. The number of anilines is 1. The number of carbonyl (C=O) groups excluding carboxylic acids is 2. The van der Waals surface area contributed by atoms with Gasteiger partial charge in [-0.3, -0.25) is 19.7 Å². The van der Waals surface area contributed by atoms with Crippen LogP contribution in [0, 0.1) is 24.0 Å². The van der Waals surface area contributed by atoms with Crippen molar-refractivity contribution in [2.45, 2.75) is 46.6 Å². The van der Waals surface area contributed by atoms with Crippen molar-refractivity contribution in [1.82, 2.24) is 14.7 Å². The highest BCUT2D eigenvalue weighted by atomic mass is 16.6. The van der Waals surface area contributed by atoms with Crippen molar-refractivity contribution >= 4 is 23.3 Å². The molecule has 0 radical (unpaired) electrons. The molecule has 0 aliphatic carbocycles. The largest absolute Gasteiger partial charge is 0.325 e. The van der Waals surface area contributed by atoms with Crippen LogP contribution in [0.3, 0.4) is 0 Å². The van der Waals surface area contributed by atoms with Crippen molar-refractivity contribution in [2.24, 2.45) is 0 Å². The van der Waals surface area contributed by atoms with Crippen LogP contribution >= 0.6 is 0 Å². The minimum Gasteiger partial charge on any atom is -0.325 e. The van der Waals surface area contributed by atoms with Crippen molar-refractivity contribution in [3.63, 3.8) is 0 Å². The Bertz CT molecular complexity index is 1550. The molecule has 9 nitrogen and oxygen atoms in total. The lowest BCUT2D eigenvalue weighted by atomic mass is 9.92. The van der Waals surface area contributed by atoms with Gasteiger partial charge in [-0.05, 0) is 43.2 Å². The molecule has 0 fully saturated rings. The number of carbonyl (C=O) groups is 2. The van der Waals surface area contributed by atoms with E-state index >= 15 is 0 Å². The zero-order valence-corrected chi connectivity index (χ0v) is 23.3. The van der Waals surface area contributed by atoms with Gasteiger partial charge < -0.3 is 10.2 Å². The van der Waals surface area contributed by atoms with Gasteiger partial charge in [-0.25, -0.2) is 4.68 Å². The Labute approximate surface area is 233 Å². The molecule has 9 heteroatoms. The Morgan fingerprint density at radius 2 is 1.70 bits per heavy atom. The topological polar surface area (TPSA) is 110 Å². The van der Waals surface area contributed by atoms with Crippen LogP contribution < -0.4 is 5.32 Å². The molecule has 0 spiro atoms. The first-order valence-corrected chi connectivity index (χ1v) is 13.0. The van der Waals surface area contributed by atoms with Crippen LogP contribution in [-0.4, -0.2) is 38.0 Å². The van der Waals surface area contributed by atoms with Crippen LogP contribution in [0.5, 0.6) is 0 Å². The average molecular weight is 540 g/mol. The lowest BCUT2D eigenvalue weighted by Gasteiger charge is -2.23. The van der Waals surface area contributed by atoms with Crippen molar-refractivity contribution in [2.75, 3.05) is 11.9 Å². The molecule has 1 aromatic heterocycles. The molecule has 1 N–H and O–H groups in total. The maximum atomic E-state index is 13.6. The third-order valence-electron chi connectivity index (χ3n) is 6.48. The van der Waals surface area contributed by atoms with Crippen molar-refractivity contribution in [3.05, 3.63) is 117 Å². The molecule has 4 rings (SSSR count). The first-order valence-electron chi connectivity index (χ1n) is 13.0. The Kier molecular flexibility index (Phi) is 8.13. The highest BCUT2D eigenvalue weighted by molar-refractivity contribution is 5.99. The van der Waals surface area contributed by atoms with E-state index in [1.54, 1.807) is 23.7 Å². The molecule has 1 heterocycles. The summed E-state index contributed by atoms with van der Waals surface area (Å²) in [5.74, 6) is -0.413. The molecule has 0 aliphatic heterocycles. The van der Waals surface area contributed by atoms with E-state index < -0.39 is 16.7 Å². The second-order valence-corrected chi connectivity index (χ2v) is 10.9. The number of hydrogen-bond donors (Lipinski definition) is 1. The van der Waals surface area contributed by atoms with E-state index in [9.17, 15) is 19.7 Å². The third-order valence-corrected chi connectivity index (χ3v) is 6.48. The number of hydrogen-bond acceptors (Lipinski definition) is 5. The van der Waals surface area contributed by atoms with E-state index in [0.29, 0.717) is 11.4 Å². The van der Waals surface area contributed by atoms with E-state index in [0.717, 1.165) is 22.5 Å². The summed E-state index contributed by atoms with van der Waals surface area (Å²) in [7, 11) is 0. The van der Waals surface area contributed by atoms with E-state index in [-0.39, 0.29) is 29.8 Å². The molecule has 0 atom stereocenters. The van der Waals surface area contributed by atoms with Gasteiger partial charge in [0, 0.05) is 35.2 Å². The third kappa shape index (κ3) is 6.61. The number of benzene rings is 3. The normalized spacial score (nSPS) is 11.2. The number of nitro groups is 1. The first kappa shape index (κ1) is 28.2. The number of nitrogens with one attached hydrogen (secondary N) is 1. The summed E-state index contributed by atoms with van der Waals surface area (Å²) in [5.41, 5.74) is 3.66. The lowest BCUT2D eigenvalue weighted by molar-refractivity contribution is -0.385. The molecule has 206 valence electrons. The van der Waals surface area contributed by atoms with Crippen LogP contribution in [-0.2, 0) is 16.8 Å². The van der Waals surface area contributed by atoms with E-state index in [1.165, 1.54) is 11.0 Å². The van der Waals surface area contributed by atoms with E-state index in [2.05, 4.69) is 5.32 Å². The smallest absolute Gasteiger partial charge is 0.273 e. The summed E-state index contributed by atoms with van der Waals surface area (Å²) >= 11 is 0. The molecule has 40 heavy (non-hydrogen) atoms. The van der Waals surface area contributed by atoms with Gasteiger partial charge >= 0.3 is 0 Å². The quantitative estimate of drug-likeness (QED) is 0.219. The zero-order valence-electron chi connectivity index (χ0n) is 23.3. The van der Waals surface area contributed by atoms with Crippen LogP contribution in [0.1, 0.15) is 53.5 Å². The summed E-state index contributed by atoms with van der Waals surface area (Å²) in [5, 5.41) is 19.2. The van der Waals surface area contributed by atoms with Gasteiger partial charge in [-0.1, -0.05) is 69.3 Å². The van der Waals surface area contributed by atoms with Crippen LogP contribution in [0.4, 0.5) is 11.5 Å². The minimum atomic E-state index is -0.514. The number of nitrogens with zero attached hydrogens (tertiary/aromatic N) is 4. The van der Waals surface area contributed by atoms with Gasteiger partial charge in [0.15, 0.2) is 0 Å². The van der Waals surface area contributed by atoms with Gasteiger partial charge in [0.05, 0.1) is 16.3 Å². The summed E-state index contributed by atoms with van der Waals surface area (Å²) in [6.07, 6.45) is 0. The minimum absolute atomic E-state index is 0.140. The standard InChI is InChI=1S/C31H33N5O4/c1-21-10-9-13-25(16-21)35-28(18-27(33-35)31(3,4)5)32-29(37)20-34(19-23-11-7-6-8-12-23)30(38)24-15-14-22(2)26(17-24)36(39)40/h6-18H,19-20H2,1-5H3,(H,32,37). The highest BCUT2D eigenvalue weighted by Gasteiger charge is 2.25. The Hall–Kier alpha value is -4.79. The molecule has 0 saturated carbocycles. The summed E-state index contributed by atoms with van der Waals surface area (Å²) in [6, 6.07) is 23.3. The molecule has 4 aromatic rings. The molecule has 0 aliphatic rings. The molecular formula is C31H33N5O4. The zero-order chi connectivity index (χ0) is 29.0. The molecular weight excluding hydrogens is 506 g/mol. The maximum absolute atomic E-state index is 13.6. The molecule has 3 aromatic carbocycles.